The summed E-state index contributed by atoms with van der Waals surface area (Å²) in [7, 11) is 2.15. The molecule has 1 amide bonds. The fraction of sp³-hybridized carbons (Fsp3) is 0.500. The molecule has 1 spiro atoms. The van der Waals surface area contributed by atoms with E-state index in [1.54, 1.807) is 12.4 Å². The smallest absolute Gasteiger partial charge is 0.224 e. The van der Waals surface area contributed by atoms with Crippen LogP contribution in [-0.4, -0.2) is 46.7 Å². The summed E-state index contributed by atoms with van der Waals surface area (Å²) in [4.78, 5) is 36.2. The molecule has 7 nitrogen and oxygen atoms in total. The maximum Gasteiger partial charge on any atom is 0.224 e. The van der Waals surface area contributed by atoms with Gasteiger partial charge in [-0.1, -0.05) is 50.1 Å². The largest absolute Gasteiger partial charge is 0.438 e. The normalized spacial score (nSPS) is 19.1. The second-order valence-electron chi connectivity index (χ2n) is 11.4. The molecular weight excluding hydrogens is 488 g/mol. The van der Waals surface area contributed by atoms with Crippen LogP contribution < -0.4 is 5.32 Å². The van der Waals surface area contributed by atoms with E-state index in [2.05, 4.69) is 39.4 Å². The van der Waals surface area contributed by atoms with Crippen LogP contribution in [0, 0.1) is 11.3 Å². The fourth-order valence-electron chi connectivity index (χ4n) is 5.83. The van der Waals surface area contributed by atoms with Gasteiger partial charge in [-0.15, -0.1) is 0 Å². The van der Waals surface area contributed by atoms with Crippen LogP contribution >= 0.6 is 0 Å². The molecule has 0 bridgehead atoms. The van der Waals surface area contributed by atoms with E-state index in [0.717, 1.165) is 74.7 Å². The molecule has 1 aliphatic carbocycles. The van der Waals surface area contributed by atoms with Crippen LogP contribution in [0.25, 0.3) is 22.5 Å². The predicted octanol–water partition coefficient (Wildman–Crippen LogP) is 6.22. The Hall–Kier alpha value is -3.32. The molecule has 2 aromatic heterocycles. The fourth-order valence-corrected chi connectivity index (χ4v) is 5.83. The summed E-state index contributed by atoms with van der Waals surface area (Å²) < 4.78 is 6.24. The number of oxazole rings is 1. The molecule has 2 atom stereocenters. The molecule has 1 N–H and O–H groups in total. The Morgan fingerprint density at radius 1 is 1.05 bits per heavy atom. The Morgan fingerprint density at radius 3 is 2.54 bits per heavy atom. The molecule has 2 aliphatic rings. The van der Waals surface area contributed by atoms with Crippen LogP contribution in [0.1, 0.15) is 76.6 Å². The Labute approximate surface area is 231 Å². The molecule has 1 aliphatic heterocycles. The molecule has 1 saturated carbocycles. The lowest BCUT2D eigenvalue weighted by Gasteiger charge is -2.30. The van der Waals surface area contributed by atoms with Gasteiger partial charge in [-0.05, 0) is 74.8 Å². The number of amides is 1. The highest BCUT2D eigenvalue weighted by atomic mass is 16.4. The molecule has 39 heavy (non-hydrogen) atoms. The van der Waals surface area contributed by atoms with Crippen molar-refractivity contribution in [1.29, 1.82) is 0 Å². The van der Waals surface area contributed by atoms with E-state index in [1.807, 2.05) is 37.4 Å². The molecule has 0 radical (unpaired) electrons. The third-order valence-corrected chi connectivity index (χ3v) is 8.63. The zero-order valence-corrected chi connectivity index (χ0v) is 23.2. The first-order valence-corrected chi connectivity index (χ1v) is 14.4. The number of benzene rings is 1. The van der Waals surface area contributed by atoms with Gasteiger partial charge in [0, 0.05) is 36.7 Å². The average Bonchev–Trinajstić information content (AvgIpc) is 3.45. The number of ketones is 1. The molecule has 2 fully saturated rings. The topological polar surface area (TPSA) is 88.3 Å². The van der Waals surface area contributed by atoms with Gasteiger partial charge in [0.15, 0.2) is 5.76 Å². The van der Waals surface area contributed by atoms with Crippen molar-refractivity contribution in [2.75, 3.05) is 20.1 Å². The average molecular weight is 529 g/mol. The van der Waals surface area contributed by atoms with Crippen molar-refractivity contribution in [3.8, 4) is 22.5 Å². The number of hydrogen-bond donors (Lipinski definition) is 1. The number of aromatic nitrogens is 2. The highest BCUT2D eigenvalue weighted by molar-refractivity contribution is 5.83. The van der Waals surface area contributed by atoms with E-state index in [9.17, 15) is 9.59 Å². The lowest BCUT2D eigenvalue weighted by molar-refractivity contribution is -0.124. The zero-order valence-electron chi connectivity index (χ0n) is 23.2. The number of rotatable bonds is 12. The molecule has 7 heteroatoms. The second kappa shape index (κ2) is 12.2. The molecule has 3 aromatic rings. The van der Waals surface area contributed by atoms with Crippen LogP contribution in [0.5, 0.6) is 0 Å². The Bertz CT molecular complexity index is 1250. The summed E-state index contributed by atoms with van der Waals surface area (Å²) in [5.41, 5.74) is 3.27. The van der Waals surface area contributed by atoms with Crippen molar-refractivity contribution >= 4 is 11.7 Å². The van der Waals surface area contributed by atoms with Crippen LogP contribution in [0.2, 0.25) is 0 Å². The Balaban J connectivity index is 1.25. The zero-order chi connectivity index (χ0) is 27.2. The van der Waals surface area contributed by atoms with E-state index < -0.39 is 0 Å². The number of likely N-dealkylation sites (tertiary alicyclic amines) is 1. The van der Waals surface area contributed by atoms with Crippen molar-refractivity contribution in [2.24, 2.45) is 11.3 Å². The Kier molecular flexibility index (Phi) is 8.56. The lowest BCUT2D eigenvalue weighted by atomic mass is 9.91. The minimum absolute atomic E-state index is 0.0883. The van der Waals surface area contributed by atoms with Crippen molar-refractivity contribution in [1.82, 2.24) is 20.2 Å². The summed E-state index contributed by atoms with van der Waals surface area (Å²) in [6.07, 6.45) is 13.2. The van der Waals surface area contributed by atoms with Gasteiger partial charge in [-0.2, -0.15) is 0 Å². The monoisotopic (exact) mass is 528 g/mol. The summed E-state index contributed by atoms with van der Waals surface area (Å²) >= 11 is 0. The van der Waals surface area contributed by atoms with Crippen LogP contribution in [-0.2, 0) is 9.59 Å². The van der Waals surface area contributed by atoms with Crippen LogP contribution in [0.3, 0.4) is 0 Å². The molecule has 1 aromatic carbocycles. The number of carbonyl (C=O) groups excluding carboxylic acids is 2. The van der Waals surface area contributed by atoms with Crippen molar-refractivity contribution < 1.29 is 14.0 Å². The van der Waals surface area contributed by atoms with Crippen LogP contribution in [0.4, 0.5) is 0 Å². The Morgan fingerprint density at radius 2 is 1.82 bits per heavy atom. The van der Waals surface area contributed by atoms with E-state index in [0.29, 0.717) is 30.3 Å². The summed E-state index contributed by atoms with van der Waals surface area (Å²) in [5, 5.41) is 3.30. The van der Waals surface area contributed by atoms with Crippen molar-refractivity contribution in [3.05, 3.63) is 60.9 Å². The number of carbonyl (C=O) groups is 2. The minimum atomic E-state index is -0.272. The van der Waals surface area contributed by atoms with Gasteiger partial charge in [0.25, 0.3) is 0 Å². The first kappa shape index (κ1) is 27.3. The van der Waals surface area contributed by atoms with Gasteiger partial charge in [-0.3, -0.25) is 14.6 Å². The number of Topliss-reactive ketones (excluding diaryl/α,β-unsaturated/α-hetero) is 1. The van der Waals surface area contributed by atoms with Gasteiger partial charge in [-0.25, -0.2) is 4.98 Å². The lowest BCUT2D eigenvalue weighted by Crippen LogP contribution is -2.36. The van der Waals surface area contributed by atoms with E-state index >= 15 is 0 Å². The number of nitrogens with zero attached hydrogens (tertiary/aromatic N) is 3. The van der Waals surface area contributed by atoms with Gasteiger partial charge in [0.1, 0.15) is 11.8 Å². The molecular formula is C32H40N4O3. The third kappa shape index (κ3) is 6.64. The van der Waals surface area contributed by atoms with E-state index in [4.69, 9.17) is 4.42 Å². The first-order chi connectivity index (χ1) is 19.0. The van der Waals surface area contributed by atoms with Crippen molar-refractivity contribution in [3.63, 3.8) is 0 Å². The maximum absolute atomic E-state index is 13.4. The molecule has 5 rings (SSSR count). The van der Waals surface area contributed by atoms with Gasteiger partial charge >= 0.3 is 0 Å². The van der Waals surface area contributed by atoms with Crippen LogP contribution in [0.15, 0.2) is 59.4 Å². The van der Waals surface area contributed by atoms with Gasteiger partial charge in [0.2, 0.25) is 11.8 Å². The number of unbranched alkanes of at least 4 members (excludes halogenated alkanes) is 2. The van der Waals surface area contributed by atoms with Crippen molar-refractivity contribution in [2.45, 2.75) is 70.8 Å². The highest BCUT2D eigenvalue weighted by Gasteiger charge is 2.58. The van der Waals surface area contributed by atoms with Gasteiger partial charge < -0.3 is 14.6 Å². The molecule has 206 valence electrons. The van der Waals surface area contributed by atoms with E-state index in [1.165, 1.54) is 0 Å². The second-order valence-corrected chi connectivity index (χ2v) is 11.4. The maximum atomic E-state index is 13.4. The minimum Gasteiger partial charge on any atom is -0.438 e. The number of pyridine rings is 1. The first-order valence-electron chi connectivity index (χ1n) is 14.4. The quantitative estimate of drug-likeness (QED) is 0.281. The standard InChI is InChI=1S/C32H40N4O3/c1-3-26(37)9-5-4-6-10-28(35-30(38)27-20-32(27)15-18-36(2)19-16-32)31-34-22-29(39-31)24-13-11-23(12-14-24)25-8-7-17-33-21-25/h7-8,11-14,17,21-22,27-28H,3-6,9-10,15-16,18-20H2,1-2H3,(H,35,38)/t27-,28+/m1/s1. The summed E-state index contributed by atoms with van der Waals surface area (Å²) in [6.45, 7) is 4.04. The molecule has 1 saturated heterocycles. The number of hydrogen-bond acceptors (Lipinski definition) is 6. The SMILES string of the molecule is CCC(=O)CCCCC[C@H](NC(=O)[C@H]1CC12CCN(C)CC2)c1ncc(-c2ccc(-c3cccnc3)cc2)o1. The van der Waals surface area contributed by atoms with E-state index in [-0.39, 0.29) is 23.3 Å². The summed E-state index contributed by atoms with van der Waals surface area (Å²) in [5.74, 6) is 1.77. The molecule has 0 unspecified atom stereocenters. The number of nitrogens with one attached hydrogen (secondary N) is 1. The highest BCUT2D eigenvalue weighted by Crippen LogP contribution is 2.59. The third-order valence-electron chi connectivity index (χ3n) is 8.63. The summed E-state index contributed by atoms with van der Waals surface area (Å²) in [6, 6.07) is 11.9. The predicted molar refractivity (Wildman–Crippen MR) is 152 cm³/mol. The van der Waals surface area contributed by atoms with Gasteiger partial charge in [0.05, 0.1) is 6.20 Å². The number of piperidine rings is 1. The molecule has 3 heterocycles.